The van der Waals surface area contributed by atoms with Gasteiger partial charge in [-0.3, -0.25) is 4.79 Å². The van der Waals surface area contributed by atoms with Crippen LogP contribution in [0.15, 0.2) is 23.1 Å². The van der Waals surface area contributed by atoms with Gasteiger partial charge in [0, 0.05) is 22.8 Å². The predicted molar refractivity (Wildman–Crippen MR) is 64.6 cm³/mol. The molecule has 0 spiro atoms. The average molecular weight is 312 g/mol. The van der Waals surface area contributed by atoms with E-state index in [0.29, 0.717) is 4.90 Å². The van der Waals surface area contributed by atoms with E-state index in [2.05, 4.69) is 0 Å². The van der Waals surface area contributed by atoms with Gasteiger partial charge < -0.3 is 5.11 Å². The van der Waals surface area contributed by atoms with Crippen LogP contribution in [0.5, 0.6) is 0 Å². The van der Waals surface area contributed by atoms with Crippen LogP contribution in [-0.2, 0) is 9.05 Å². The standard InChI is InChI=1S/C9H7Cl2NO5S/c1-12(9(14)15)8(13)6-4-5(10)2-3-7(6)18(11,16)17/h2-4H,1H3,(H,14,15). The molecule has 0 aromatic heterocycles. The molecule has 0 aliphatic carbocycles. The van der Waals surface area contributed by atoms with Gasteiger partial charge in [-0.2, -0.15) is 0 Å². The highest BCUT2D eigenvalue weighted by Gasteiger charge is 2.25. The minimum atomic E-state index is -4.18. The van der Waals surface area contributed by atoms with Crippen molar-refractivity contribution in [3.05, 3.63) is 28.8 Å². The zero-order chi connectivity index (χ0) is 14.1. The topological polar surface area (TPSA) is 91.8 Å². The highest BCUT2D eigenvalue weighted by atomic mass is 35.7. The lowest BCUT2D eigenvalue weighted by Crippen LogP contribution is -2.32. The quantitative estimate of drug-likeness (QED) is 0.843. The monoisotopic (exact) mass is 311 g/mol. The lowest BCUT2D eigenvalue weighted by atomic mass is 10.2. The summed E-state index contributed by atoms with van der Waals surface area (Å²) in [6, 6.07) is 3.31. The Balaban J connectivity index is 3.44. The Labute approximate surface area is 112 Å². The van der Waals surface area contributed by atoms with E-state index in [1.54, 1.807) is 0 Å². The molecule has 1 aromatic carbocycles. The van der Waals surface area contributed by atoms with Crippen molar-refractivity contribution in [3.8, 4) is 0 Å². The number of benzene rings is 1. The molecule has 0 radical (unpaired) electrons. The molecule has 0 unspecified atom stereocenters. The summed E-state index contributed by atoms with van der Waals surface area (Å²) in [5.74, 6) is -1.04. The number of carbonyl (C=O) groups is 2. The van der Waals surface area contributed by atoms with Crippen LogP contribution in [0.25, 0.3) is 0 Å². The van der Waals surface area contributed by atoms with Crippen LogP contribution in [0, 0.1) is 0 Å². The molecule has 6 nitrogen and oxygen atoms in total. The molecule has 98 valence electrons. The van der Waals surface area contributed by atoms with Crippen LogP contribution in [-0.4, -0.2) is 37.5 Å². The second-order valence-corrected chi connectivity index (χ2v) is 6.20. The van der Waals surface area contributed by atoms with Gasteiger partial charge >= 0.3 is 6.09 Å². The van der Waals surface area contributed by atoms with Crippen LogP contribution < -0.4 is 0 Å². The summed E-state index contributed by atoms with van der Waals surface area (Å²) in [6.45, 7) is 0. The van der Waals surface area contributed by atoms with Crippen LogP contribution in [0.4, 0.5) is 4.79 Å². The van der Waals surface area contributed by atoms with Crippen molar-refractivity contribution in [2.24, 2.45) is 0 Å². The highest BCUT2D eigenvalue weighted by Crippen LogP contribution is 2.24. The van der Waals surface area contributed by atoms with E-state index in [0.717, 1.165) is 19.2 Å². The van der Waals surface area contributed by atoms with Crippen molar-refractivity contribution in [1.29, 1.82) is 0 Å². The molecule has 0 atom stereocenters. The van der Waals surface area contributed by atoms with Gasteiger partial charge in [-0.15, -0.1) is 0 Å². The summed E-state index contributed by atoms with van der Waals surface area (Å²) in [5.41, 5.74) is -0.401. The average Bonchev–Trinajstić information content (AvgIpc) is 2.25. The lowest BCUT2D eigenvalue weighted by Gasteiger charge is -2.13. The molecule has 2 amide bonds. The van der Waals surface area contributed by atoms with Crippen LogP contribution in [0.2, 0.25) is 5.02 Å². The number of hydrogen-bond acceptors (Lipinski definition) is 4. The van der Waals surface area contributed by atoms with Gasteiger partial charge in [0.25, 0.3) is 15.0 Å². The normalized spacial score (nSPS) is 11.1. The largest absolute Gasteiger partial charge is 0.465 e. The predicted octanol–water partition coefficient (Wildman–Crippen LogP) is 2.02. The number of carboxylic acid groups (broad SMARTS) is 1. The smallest absolute Gasteiger partial charge is 0.414 e. The maximum Gasteiger partial charge on any atom is 0.414 e. The van der Waals surface area contributed by atoms with E-state index in [1.807, 2.05) is 0 Å². The number of halogens is 2. The minimum absolute atomic E-state index is 0.0844. The van der Waals surface area contributed by atoms with E-state index in [9.17, 15) is 18.0 Å². The van der Waals surface area contributed by atoms with E-state index < -0.39 is 31.5 Å². The van der Waals surface area contributed by atoms with Crippen molar-refractivity contribution in [1.82, 2.24) is 4.90 Å². The second kappa shape index (κ2) is 5.13. The first kappa shape index (κ1) is 14.7. The maximum atomic E-state index is 11.8. The Morgan fingerprint density at radius 1 is 1.33 bits per heavy atom. The van der Waals surface area contributed by atoms with Crippen molar-refractivity contribution >= 4 is 43.3 Å². The van der Waals surface area contributed by atoms with E-state index in [1.165, 1.54) is 6.07 Å². The summed E-state index contributed by atoms with van der Waals surface area (Å²) in [4.78, 5) is 22.3. The van der Waals surface area contributed by atoms with Crippen LogP contribution >= 0.6 is 22.3 Å². The van der Waals surface area contributed by atoms with E-state index in [4.69, 9.17) is 27.4 Å². The van der Waals surface area contributed by atoms with Gasteiger partial charge in [0.1, 0.15) is 0 Å². The Kier molecular flexibility index (Phi) is 4.20. The van der Waals surface area contributed by atoms with Crippen LogP contribution in [0.3, 0.4) is 0 Å². The molecule has 0 heterocycles. The minimum Gasteiger partial charge on any atom is -0.465 e. The molecule has 1 N–H and O–H groups in total. The van der Waals surface area contributed by atoms with Crippen LogP contribution in [0.1, 0.15) is 10.4 Å². The fraction of sp³-hybridized carbons (Fsp3) is 0.111. The summed E-state index contributed by atoms with van der Waals surface area (Å²) in [7, 11) is 1.96. The first-order valence-electron chi connectivity index (χ1n) is 4.40. The van der Waals surface area contributed by atoms with Gasteiger partial charge in [0.2, 0.25) is 0 Å². The number of rotatable bonds is 2. The third-order valence-corrected chi connectivity index (χ3v) is 3.64. The third-order valence-electron chi connectivity index (χ3n) is 2.03. The molecule has 0 saturated heterocycles. The SMILES string of the molecule is CN(C(=O)O)C(=O)c1cc(Cl)ccc1S(=O)(=O)Cl. The van der Waals surface area contributed by atoms with Crippen molar-refractivity contribution < 1.29 is 23.1 Å². The molecule has 0 aliphatic rings. The number of nitrogens with zero attached hydrogens (tertiary/aromatic N) is 1. The van der Waals surface area contributed by atoms with E-state index in [-0.39, 0.29) is 5.02 Å². The molecule has 0 fully saturated rings. The summed E-state index contributed by atoms with van der Waals surface area (Å²) >= 11 is 5.64. The van der Waals surface area contributed by atoms with Gasteiger partial charge in [0.15, 0.2) is 0 Å². The summed E-state index contributed by atoms with van der Waals surface area (Å²) in [5, 5.41) is 8.75. The van der Waals surface area contributed by atoms with E-state index >= 15 is 0 Å². The number of carbonyl (C=O) groups excluding carboxylic acids is 1. The first-order valence-corrected chi connectivity index (χ1v) is 7.08. The molecule has 0 bridgehead atoms. The third kappa shape index (κ3) is 3.12. The second-order valence-electron chi connectivity index (χ2n) is 3.23. The molecule has 18 heavy (non-hydrogen) atoms. The Morgan fingerprint density at radius 3 is 2.33 bits per heavy atom. The van der Waals surface area contributed by atoms with Gasteiger partial charge in [0.05, 0.1) is 10.5 Å². The molecule has 1 aromatic rings. The Morgan fingerprint density at radius 2 is 1.89 bits per heavy atom. The molecule has 1 rings (SSSR count). The number of hydrogen-bond donors (Lipinski definition) is 1. The molecule has 9 heteroatoms. The molecular weight excluding hydrogens is 305 g/mol. The molecule has 0 aliphatic heterocycles. The number of amides is 2. The fourth-order valence-corrected chi connectivity index (χ4v) is 2.36. The van der Waals surface area contributed by atoms with Crippen molar-refractivity contribution in [2.45, 2.75) is 4.90 Å². The zero-order valence-corrected chi connectivity index (χ0v) is 11.3. The van der Waals surface area contributed by atoms with Gasteiger partial charge in [-0.25, -0.2) is 18.1 Å². The maximum absolute atomic E-state index is 11.8. The van der Waals surface area contributed by atoms with Gasteiger partial charge in [-0.1, -0.05) is 11.6 Å². The summed E-state index contributed by atoms with van der Waals surface area (Å²) in [6.07, 6.45) is -1.53. The zero-order valence-electron chi connectivity index (χ0n) is 8.92. The summed E-state index contributed by atoms with van der Waals surface area (Å²) < 4.78 is 22.5. The van der Waals surface area contributed by atoms with Crippen molar-refractivity contribution in [2.75, 3.05) is 7.05 Å². The first-order chi connectivity index (χ1) is 8.14. The van der Waals surface area contributed by atoms with Gasteiger partial charge in [-0.05, 0) is 18.2 Å². The Bertz CT molecular complexity index is 613. The fourth-order valence-electron chi connectivity index (χ4n) is 1.15. The number of imide groups is 1. The lowest BCUT2D eigenvalue weighted by molar-refractivity contribution is 0.0778. The Hall–Kier alpha value is -1.31. The molecular formula is C9H7Cl2NO5S. The highest BCUT2D eigenvalue weighted by molar-refractivity contribution is 8.13. The molecule has 0 saturated carbocycles. The van der Waals surface area contributed by atoms with Crippen molar-refractivity contribution in [3.63, 3.8) is 0 Å².